The molecule has 20 heavy (non-hydrogen) atoms. The van der Waals surface area contributed by atoms with Crippen molar-refractivity contribution in [1.29, 1.82) is 0 Å². The summed E-state index contributed by atoms with van der Waals surface area (Å²) in [5.41, 5.74) is 0.213. The zero-order valence-corrected chi connectivity index (χ0v) is 16.0. The van der Waals surface area contributed by atoms with E-state index in [1.165, 1.54) is 0 Å². The van der Waals surface area contributed by atoms with Gasteiger partial charge < -0.3 is 0 Å². The lowest BCUT2D eigenvalue weighted by Crippen LogP contribution is -2.39. The summed E-state index contributed by atoms with van der Waals surface area (Å²) in [4.78, 5) is 0. The van der Waals surface area contributed by atoms with Gasteiger partial charge in [0.25, 0.3) is 0 Å². The largest absolute Gasteiger partial charge is 0.187 e. The molecule has 2 nitrogen and oxygen atoms in total. The van der Waals surface area contributed by atoms with Gasteiger partial charge in [-0.25, -0.2) is 0 Å². The molecule has 0 saturated heterocycles. The van der Waals surface area contributed by atoms with Crippen LogP contribution in [0.5, 0.6) is 0 Å². The fourth-order valence-corrected chi connectivity index (χ4v) is 2.55. The fraction of sp³-hybridized carbons (Fsp3) is 1.00. The lowest BCUT2D eigenvalue weighted by Gasteiger charge is -2.40. The molecule has 0 heterocycles. The maximum absolute atomic E-state index is 4.75. The summed E-state index contributed by atoms with van der Waals surface area (Å²) in [6, 6.07) is 0. The number of hydrogen-bond acceptors (Lipinski definition) is 2. The van der Waals surface area contributed by atoms with Gasteiger partial charge in [-0.1, -0.05) is 55.4 Å². The smallest absolute Gasteiger partial charge is 0.0790 e. The van der Waals surface area contributed by atoms with E-state index < -0.39 is 0 Å². The molecule has 0 saturated carbocycles. The standard InChI is InChI=1S/C18H38N2/c1-13(15(3,4)5)17(9,10)19-20-18(11,12)14(2)16(6,7)8/h13-14H,1-12H3/b20-19+. The third kappa shape index (κ3) is 5.18. The Balaban J connectivity index is 5.20. The molecule has 0 aliphatic heterocycles. The van der Waals surface area contributed by atoms with E-state index in [2.05, 4.69) is 83.1 Å². The molecule has 0 aliphatic carbocycles. The Bertz CT molecular complexity index is 303. The second-order valence-electron chi connectivity index (χ2n) is 9.68. The van der Waals surface area contributed by atoms with Gasteiger partial charge in [-0.2, -0.15) is 10.2 Å². The molecule has 0 amide bonds. The van der Waals surface area contributed by atoms with E-state index in [9.17, 15) is 0 Å². The molecule has 0 fully saturated rings. The molecule has 0 bridgehead atoms. The van der Waals surface area contributed by atoms with E-state index in [1.807, 2.05) is 0 Å². The van der Waals surface area contributed by atoms with Gasteiger partial charge >= 0.3 is 0 Å². The highest BCUT2D eigenvalue weighted by Crippen LogP contribution is 2.40. The van der Waals surface area contributed by atoms with Crippen molar-refractivity contribution in [3.05, 3.63) is 0 Å². The molecule has 0 rings (SSSR count). The van der Waals surface area contributed by atoms with Crippen LogP contribution in [-0.2, 0) is 0 Å². The molecule has 0 aromatic carbocycles. The van der Waals surface area contributed by atoms with Crippen LogP contribution < -0.4 is 0 Å². The minimum absolute atomic E-state index is 0.132. The molecule has 0 aromatic heterocycles. The first-order chi connectivity index (χ1) is 8.52. The third-order valence-corrected chi connectivity index (χ3v) is 5.28. The summed E-state index contributed by atoms with van der Waals surface area (Å²) in [5.74, 6) is 0.944. The number of hydrogen-bond donors (Lipinski definition) is 0. The third-order valence-electron chi connectivity index (χ3n) is 5.28. The van der Waals surface area contributed by atoms with Crippen LogP contribution >= 0.6 is 0 Å². The van der Waals surface area contributed by atoms with Crippen molar-refractivity contribution in [2.75, 3.05) is 0 Å². The molecule has 0 N–H and O–H groups in total. The van der Waals surface area contributed by atoms with Crippen molar-refractivity contribution in [2.24, 2.45) is 32.9 Å². The second kappa shape index (κ2) is 5.77. The summed E-state index contributed by atoms with van der Waals surface area (Å²) in [5, 5.41) is 9.51. The second-order valence-corrected chi connectivity index (χ2v) is 9.68. The van der Waals surface area contributed by atoms with Crippen LogP contribution in [0, 0.1) is 22.7 Å². The highest BCUT2D eigenvalue weighted by molar-refractivity contribution is 4.93. The molecule has 0 aromatic rings. The Morgan fingerprint density at radius 1 is 0.500 bits per heavy atom. The number of nitrogens with zero attached hydrogens (tertiary/aromatic N) is 2. The van der Waals surface area contributed by atoms with Crippen LogP contribution in [0.1, 0.15) is 83.1 Å². The molecular weight excluding hydrogens is 244 g/mol. The minimum Gasteiger partial charge on any atom is -0.187 e. The lowest BCUT2D eigenvalue weighted by molar-refractivity contribution is 0.140. The average molecular weight is 283 g/mol. The van der Waals surface area contributed by atoms with Gasteiger partial charge in [0.1, 0.15) is 0 Å². The maximum Gasteiger partial charge on any atom is 0.0790 e. The summed E-state index contributed by atoms with van der Waals surface area (Å²) in [6.07, 6.45) is 0. The van der Waals surface area contributed by atoms with Gasteiger partial charge in [0.15, 0.2) is 0 Å². The van der Waals surface area contributed by atoms with Crippen molar-refractivity contribution < 1.29 is 0 Å². The molecule has 0 spiro atoms. The SMILES string of the molecule is CC(C(C)(C)C)C(C)(C)/N=N/C(C)(C)C(C)C(C)(C)C. The van der Waals surface area contributed by atoms with Gasteiger partial charge in [0.05, 0.1) is 11.1 Å². The van der Waals surface area contributed by atoms with E-state index in [-0.39, 0.29) is 21.9 Å². The predicted molar refractivity (Wildman–Crippen MR) is 90.3 cm³/mol. The lowest BCUT2D eigenvalue weighted by atomic mass is 9.71. The maximum atomic E-state index is 4.75. The van der Waals surface area contributed by atoms with Crippen LogP contribution in [0.2, 0.25) is 0 Å². The summed E-state index contributed by atoms with van der Waals surface area (Å²) in [6.45, 7) is 27.0. The molecule has 2 unspecified atom stereocenters. The number of azo groups is 1. The topological polar surface area (TPSA) is 24.7 Å². The summed E-state index contributed by atoms with van der Waals surface area (Å²) >= 11 is 0. The highest BCUT2D eigenvalue weighted by Gasteiger charge is 2.38. The first kappa shape index (κ1) is 19.6. The first-order valence-electron chi connectivity index (χ1n) is 7.96. The summed E-state index contributed by atoms with van der Waals surface area (Å²) < 4.78 is 0. The molecular formula is C18H38N2. The van der Waals surface area contributed by atoms with Crippen LogP contribution in [-0.4, -0.2) is 11.1 Å². The van der Waals surface area contributed by atoms with Crippen molar-refractivity contribution >= 4 is 0 Å². The monoisotopic (exact) mass is 282 g/mol. The van der Waals surface area contributed by atoms with Crippen LogP contribution in [0.4, 0.5) is 0 Å². The van der Waals surface area contributed by atoms with Gasteiger partial charge in [-0.3, -0.25) is 0 Å². The highest BCUT2D eigenvalue weighted by atomic mass is 15.2. The molecule has 0 aliphatic rings. The van der Waals surface area contributed by atoms with Crippen molar-refractivity contribution in [2.45, 2.75) is 94.2 Å². The van der Waals surface area contributed by atoms with E-state index in [1.54, 1.807) is 0 Å². The number of rotatable bonds is 4. The van der Waals surface area contributed by atoms with Gasteiger partial charge in [-0.05, 0) is 50.4 Å². The Hall–Kier alpha value is -0.400. The van der Waals surface area contributed by atoms with Crippen LogP contribution in [0.3, 0.4) is 0 Å². The molecule has 0 radical (unpaired) electrons. The van der Waals surface area contributed by atoms with E-state index in [4.69, 9.17) is 10.2 Å². The Morgan fingerprint density at radius 3 is 0.850 bits per heavy atom. The Labute approximate surface area is 127 Å². The van der Waals surface area contributed by atoms with E-state index in [0.717, 1.165) is 0 Å². The molecule has 2 atom stereocenters. The summed E-state index contributed by atoms with van der Waals surface area (Å²) in [7, 11) is 0. The quantitative estimate of drug-likeness (QED) is 0.536. The van der Waals surface area contributed by atoms with Gasteiger partial charge in [-0.15, -0.1) is 0 Å². The fourth-order valence-electron chi connectivity index (χ4n) is 2.55. The predicted octanol–water partition coefficient (Wildman–Crippen LogP) is 6.36. The van der Waals surface area contributed by atoms with Crippen molar-refractivity contribution in [3.63, 3.8) is 0 Å². The van der Waals surface area contributed by atoms with Gasteiger partial charge in [0, 0.05) is 0 Å². The molecule has 120 valence electrons. The van der Waals surface area contributed by atoms with E-state index in [0.29, 0.717) is 11.8 Å². The Kier molecular flexibility index (Phi) is 5.65. The minimum atomic E-state index is -0.132. The van der Waals surface area contributed by atoms with Crippen LogP contribution in [0.25, 0.3) is 0 Å². The zero-order chi connectivity index (χ0) is 16.6. The van der Waals surface area contributed by atoms with Crippen molar-refractivity contribution in [3.8, 4) is 0 Å². The van der Waals surface area contributed by atoms with Gasteiger partial charge in [0.2, 0.25) is 0 Å². The first-order valence-corrected chi connectivity index (χ1v) is 7.96. The van der Waals surface area contributed by atoms with Crippen molar-refractivity contribution in [1.82, 2.24) is 0 Å². The molecule has 2 heteroatoms. The zero-order valence-electron chi connectivity index (χ0n) is 16.0. The normalized spacial score (nSPS) is 18.4. The Morgan fingerprint density at radius 2 is 0.700 bits per heavy atom. The average Bonchev–Trinajstić information content (AvgIpc) is 2.22. The van der Waals surface area contributed by atoms with E-state index >= 15 is 0 Å². The van der Waals surface area contributed by atoms with Crippen LogP contribution in [0.15, 0.2) is 10.2 Å².